The molecule has 1 aliphatic rings. The SMILES string of the molecule is CC(C)CN1CCC(CN(C)c2nc(CCN)nc3ccccc23)CC1. The largest absolute Gasteiger partial charge is 0.359 e. The van der Waals surface area contributed by atoms with Crippen molar-refractivity contribution in [2.24, 2.45) is 17.6 Å². The number of para-hydroxylation sites is 1. The van der Waals surface area contributed by atoms with Crippen molar-refractivity contribution in [2.75, 3.05) is 44.7 Å². The number of nitrogens with zero attached hydrogens (tertiary/aromatic N) is 4. The molecule has 0 bridgehead atoms. The molecule has 5 heteroatoms. The molecule has 26 heavy (non-hydrogen) atoms. The molecule has 0 spiro atoms. The summed E-state index contributed by atoms with van der Waals surface area (Å²) in [7, 11) is 2.17. The van der Waals surface area contributed by atoms with Crippen molar-refractivity contribution in [3.8, 4) is 0 Å². The zero-order valence-electron chi connectivity index (χ0n) is 16.5. The van der Waals surface area contributed by atoms with Gasteiger partial charge >= 0.3 is 0 Å². The van der Waals surface area contributed by atoms with Gasteiger partial charge in [-0.25, -0.2) is 9.97 Å². The fourth-order valence-electron chi connectivity index (χ4n) is 3.98. The quantitative estimate of drug-likeness (QED) is 0.827. The van der Waals surface area contributed by atoms with Gasteiger partial charge in [-0.05, 0) is 56.4 Å². The molecule has 0 amide bonds. The zero-order valence-corrected chi connectivity index (χ0v) is 16.5. The van der Waals surface area contributed by atoms with E-state index in [0.29, 0.717) is 6.54 Å². The summed E-state index contributed by atoms with van der Waals surface area (Å²) >= 11 is 0. The molecule has 3 rings (SSSR count). The minimum absolute atomic E-state index is 0.579. The average molecular weight is 356 g/mol. The Morgan fingerprint density at radius 3 is 2.62 bits per heavy atom. The summed E-state index contributed by atoms with van der Waals surface area (Å²) in [5, 5.41) is 1.13. The maximum absolute atomic E-state index is 5.73. The number of benzene rings is 1. The molecule has 1 aromatic carbocycles. The number of hydrogen-bond donors (Lipinski definition) is 1. The predicted octanol–water partition coefficient (Wildman–Crippen LogP) is 2.94. The minimum atomic E-state index is 0.579. The van der Waals surface area contributed by atoms with E-state index < -0.39 is 0 Å². The number of hydrogen-bond acceptors (Lipinski definition) is 5. The fourth-order valence-corrected chi connectivity index (χ4v) is 3.98. The van der Waals surface area contributed by atoms with E-state index in [1.165, 1.54) is 32.5 Å². The monoisotopic (exact) mass is 355 g/mol. The van der Waals surface area contributed by atoms with Crippen LogP contribution in [0.3, 0.4) is 0 Å². The van der Waals surface area contributed by atoms with Gasteiger partial charge in [-0.3, -0.25) is 0 Å². The summed E-state index contributed by atoms with van der Waals surface area (Å²) in [6, 6.07) is 8.29. The molecular formula is C21H33N5. The van der Waals surface area contributed by atoms with Gasteiger partial charge < -0.3 is 15.5 Å². The highest BCUT2D eigenvalue weighted by atomic mass is 15.2. The molecular weight excluding hydrogens is 322 g/mol. The van der Waals surface area contributed by atoms with Crippen molar-refractivity contribution in [1.82, 2.24) is 14.9 Å². The Labute approximate surface area is 157 Å². The molecule has 0 atom stereocenters. The molecule has 1 aromatic heterocycles. The van der Waals surface area contributed by atoms with Gasteiger partial charge in [0.2, 0.25) is 0 Å². The average Bonchev–Trinajstić information content (AvgIpc) is 2.62. The van der Waals surface area contributed by atoms with E-state index in [1.807, 2.05) is 6.07 Å². The lowest BCUT2D eigenvalue weighted by atomic mass is 9.95. The number of fused-ring (bicyclic) bond motifs is 1. The summed E-state index contributed by atoms with van der Waals surface area (Å²) in [5.74, 6) is 3.38. The van der Waals surface area contributed by atoms with Gasteiger partial charge in [0.25, 0.3) is 0 Å². The van der Waals surface area contributed by atoms with Gasteiger partial charge in [0, 0.05) is 31.9 Å². The summed E-state index contributed by atoms with van der Waals surface area (Å²) in [5.41, 5.74) is 6.74. The van der Waals surface area contributed by atoms with Crippen molar-refractivity contribution in [1.29, 1.82) is 0 Å². The van der Waals surface area contributed by atoms with Crippen molar-refractivity contribution in [3.05, 3.63) is 30.1 Å². The van der Waals surface area contributed by atoms with Crippen LogP contribution in [0.15, 0.2) is 24.3 Å². The summed E-state index contributed by atoms with van der Waals surface area (Å²) in [6.07, 6.45) is 3.27. The highest BCUT2D eigenvalue weighted by Crippen LogP contribution is 2.26. The van der Waals surface area contributed by atoms with E-state index in [9.17, 15) is 0 Å². The molecule has 0 saturated carbocycles. The second kappa shape index (κ2) is 8.78. The van der Waals surface area contributed by atoms with Crippen molar-refractivity contribution in [2.45, 2.75) is 33.1 Å². The van der Waals surface area contributed by atoms with Crippen molar-refractivity contribution in [3.63, 3.8) is 0 Å². The van der Waals surface area contributed by atoms with Crippen LogP contribution in [0.2, 0.25) is 0 Å². The Morgan fingerprint density at radius 2 is 1.92 bits per heavy atom. The molecule has 1 fully saturated rings. The molecule has 1 saturated heterocycles. The van der Waals surface area contributed by atoms with Gasteiger partial charge in [-0.1, -0.05) is 26.0 Å². The zero-order chi connectivity index (χ0) is 18.5. The summed E-state index contributed by atoms with van der Waals surface area (Å²) in [6.45, 7) is 9.91. The first-order valence-corrected chi connectivity index (χ1v) is 9.96. The van der Waals surface area contributed by atoms with Gasteiger partial charge in [0.05, 0.1) is 5.52 Å². The van der Waals surface area contributed by atoms with Gasteiger partial charge in [0.1, 0.15) is 11.6 Å². The predicted molar refractivity (Wildman–Crippen MR) is 110 cm³/mol. The van der Waals surface area contributed by atoms with Crippen molar-refractivity contribution >= 4 is 16.7 Å². The molecule has 5 nitrogen and oxygen atoms in total. The molecule has 2 heterocycles. The van der Waals surface area contributed by atoms with E-state index in [4.69, 9.17) is 10.7 Å². The van der Waals surface area contributed by atoms with Gasteiger partial charge in [0.15, 0.2) is 0 Å². The molecule has 0 aliphatic carbocycles. The summed E-state index contributed by atoms with van der Waals surface area (Å²) < 4.78 is 0. The molecule has 0 radical (unpaired) electrons. The number of rotatable bonds is 7. The Bertz CT molecular complexity index is 707. The van der Waals surface area contributed by atoms with E-state index in [0.717, 1.165) is 47.3 Å². The van der Waals surface area contributed by atoms with Gasteiger partial charge in [-0.2, -0.15) is 0 Å². The lowest BCUT2D eigenvalue weighted by Gasteiger charge is -2.35. The van der Waals surface area contributed by atoms with Crippen LogP contribution in [0.1, 0.15) is 32.5 Å². The highest BCUT2D eigenvalue weighted by Gasteiger charge is 2.22. The van der Waals surface area contributed by atoms with E-state index >= 15 is 0 Å². The third-order valence-corrected chi connectivity index (χ3v) is 5.22. The molecule has 1 aliphatic heterocycles. The van der Waals surface area contributed by atoms with Crippen LogP contribution in [0.4, 0.5) is 5.82 Å². The third-order valence-electron chi connectivity index (χ3n) is 5.22. The molecule has 0 unspecified atom stereocenters. The molecule has 142 valence electrons. The van der Waals surface area contributed by atoms with Crippen LogP contribution in [0.5, 0.6) is 0 Å². The topological polar surface area (TPSA) is 58.3 Å². The van der Waals surface area contributed by atoms with Crippen molar-refractivity contribution < 1.29 is 0 Å². The number of likely N-dealkylation sites (tertiary alicyclic amines) is 1. The second-order valence-corrected chi connectivity index (χ2v) is 8.04. The van der Waals surface area contributed by atoms with Gasteiger partial charge in [-0.15, -0.1) is 0 Å². The first-order chi connectivity index (χ1) is 12.6. The fraction of sp³-hybridized carbons (Fsp3) is 0.619. The first-order valence-electron chi connectivity index (χ1n) is 9.96. The van der Waals surface area contributed by atoms with Crippen LogP contribution in [-0.2, 0) is 6.42 Å². The smallest absolute Gasteiger partial charge is 0.139 e. The third kappa shape index (κ3) is 4.71. The summed E-state index contributed by atoms with van der Waals surface area (Å²) in [4.78, 5) is 14.4. The van der Waals surface area contributed by atoms with Crippen LogP contribution in [0.25, 0.3) is 10.9 Å². The molecule has 2 N–H and O–H groups in total. The Balaban J connectivity index is 1.71. The standard InChI is InChI=1S/C21H33N5/c1-16(2)14-26-12-9-17(10-13-26)15-25(3)21-18-6-4-5-7-19(18)23-20(24-21)8-11-22/h4-7,16-17H,8-15,22H2,1-3H3. The van der Waals surface area contributed by atoms with Crippen LogP contribution < -0.4 is 10.6 Å². The first kappa shape index (κ1) is 19.1. The van der Waals surface area contributed by atoms with E-state index in [1.54, 1.807) is 0 Å². The Hall–Kier alpha value is -1.72. The van der Waals surface area contributed by atoms with Crippen LogP contribution in [0, 0.1) is 11.8 Å². The second-order valence-electron chi connectivity index (χ2n) is 8.04. The minimum Gasteiger partial charge on any atom is -0.359 e. The lowest BCUT2D eigenvalue weighted by Crippen LogP contribution is -2.39. The van der Waals surface area contributed by atoms with E-state index in [-0.39, 0.29) is 0 Å². The highest BCUT2D eigenvalue weighted by molar-refractivity contribution is 5.89. The Kier molecular flexibility index (Phi) is 6.43. The van der Waals surface area contributed by atoms with Crippen LogP contribution >= 0.6 is 0 Å². The maximum Gasteiger partial charge on any atom is 0.139 e. The maximum atomic E-state index is 5.73. The Morgan fingerprint density at radius 1 is 1.19 bits per heavy atom. The number of aromatic nitrogens is 2. The number of nitrogens with two attached hydrogens (primary N) is 1. The molecule has 2 aromatic rings. The number of anilines is 1. The normalized spacial score (nSPS) is 16.5. The lowest BCUT2D eigenvalue weighted by molar-refractivity contribution is 0.170. The number of piperidine rings is 1. The van der Waals surface area contributed by atoms with E-state index in [2.05, 4.69) is 53.9 Å². The van der Waals surface area contributed by atoms with Crippen LogP contribution in [-0.4, -0.2) is 54.6 Å².